The van der Waals surface area contributed by atoms with Crippen molar-refractivity contribution in [3.8, 4) is 12.3 Å². The molecule has 0 bridgehead atoms. The summed E-state index contributed by atoms with van der Waals surface area (Å²) in [5.41, 5.74) is 0.0409. The van der Waals surface area contributed by atoms with E-state index in [1.807, 2.05) is 13.8 Å². The van der Waals surface area contributed by atoms with E-state index in [1.165, 1.54) is 4.68 Å². The molecule has 0 unspecified atom stereocenters. The second-order valence-corrected chi connectivity index (χ2v) is 5.15. The van der Waals surface area contributed by atoms with Crippen LogP contribution in [0.3, 0.4) is 0 Å². The van der Waals surface area contributed by atoms with Gasteiger partial charge in [-0.3, -0.25) is 4.79 Å². The third-order valence-corrected chi connectivity index (χ3v) is 3.25. The number of nitrogens with one attached hydrogen (secondary N) is 1. The molecule has 0 saturated carbocycles. The predicted octanol–water partition coefficient (Wildman–Crippen LogP) is 1.48. The molecule has 1 rings (SSSR count). The number of methoxy groups -OCH3 is 1. The number of anilines is 1. The zero-order valence-electron chi connectivity index (χ0n) is 10.7. The number of aromatic nitrogens is 2. The fraction of sp³-hybridized carbons (Fsp3) is 0.500. The van der Waals surface area contributed by atoms with E-state index in [-0.39, 0.29) is 17.7 Å². The lowest BCUT2D eigenvalue weighted by atomic mass is 10.1. The minimum atomic E-state index is -0.326. The number of terminal acetylenes is 1. The number of hydrogen-bond donors (Lipinski definition) is 1. The van der Waals surface area contributed by atoms with Crippen LogP contribution in [0.1, 0.15) is 13.8 Å². The lowest BCUT2D eigenvalue weighted by molar-refractivity contribution is 0.0343. The van der Waals surface area contributed by atoms with E-state index in [9.17, 15) is 4.79 Å². The Hall–Kier alpha value is -1.32. The Morgan fingerprint density at radius 1 is 1.67 bits per heavy atom. The molecule has 0 atom stereocenters. The van der Waals surface area contributed by atoms with Gasteiger partial charge in [-0.05, 0) is 29.8 Å². The van der Waals surface area contributed by atoms with E-state index in [2.05, 4.69) is 32.3 Å². The van der Waals surface area contributed by atoms with E-state index in [0.29, 0.717) is 16.7 Å². The maximum absolute atomic E-state index is 11.9. The van der Waals surface area contributed by atoms with Gasteiger partial charge in [0, 0.05) is 13.7 Å². The molecule has 0 aliphatic heterocycles. The predicted molar refractivity (Wildman–Crippen MR) is 74.6 cm³/mol. The van der Waals surface area contributed by atoms with Crippen molar-refractivity contribution in [2.45, 2.75) is 26.0 Å². The summed E-state index contributed by atoms with van der Waals surface area (Å²) in [6.45, 7) is 4.60. The highest BCUT2D eigenvalue weighted by molar-refractivity contribution is 9.10. The molecule has 1 aromatic rings. The summed E-state index contributed by atoms with van der Waals surface area (Å²) in [6, 6.07) is 0. The Kier molecular flexibility index (Phi) is 4.93. The van der Waals surface area contributed by atoms with Gasteiger partial charge in [-0.1, -0.05) is 5.92 Å². The van der Waals surface area contributed by atoms with Crippen LogP contribution in [0.4, 0.5) is 5.69 Å². The first-order chi connectivity index (χ1) is 8.41. The third kappa shape index (κ3) is 3.59. The van der Waals surface area contributed by atoms with Gasteiger partial charge in [-0.25, -0.2) is 4.68 Å². The Labute approximate surface area is 115 Å². The van der Waals surface area contributed by atoms with Gasteiger partial charge in [0.25, 0.3) is 5.56 Å². The molecule has 18 heavy (non-hydrogen) atoms. The van der Waals surface area contributed by atoms with E-state index < -0.39 is 0 Å². The average Bonchev–Trinajstić information content (AvgIpc) is 2.34. The van der Waals surface area contributed by atoms with Gasteiger partial charge in [-0.15, -0.1) is 6.42 Å². The minimum Gasteiger partial charge on any atom is -0.380 e. The van der Waals surface area contributed by atoms with Crippen LogP contribution in [-0.2, 0) is 11.3 Å². The Bertz CT molecular complexity index is 517. The zero-order valence-corrected chi connectivity index (χ0v) is 12.2. The third-order valence-electron chi connectivity index (χ3n) is 2.48. The van der Waals surface area contributed by atoms with Crippen LogP contribution < -0.4 is 10.9 Å². The fourth-order valence-electron chi connectivity index (χ4n) is 1.17. The lowest BCUT2D eigenvalue weighted by Gasteiger charge is -2.23. The molecule has 1 N–H and O–H groups in total. The molecule has 0 aliphatic carbocycles. The highest BCUT2D eigenvalue weighted by Gasteiger charge is 2.17. The number of rotatable bonds is 5. The minimum absolute atomic E-state index is 0.154. The molecule has 0 aromatic carbocycles. The monoisotopic (exact) mass is 313 g/mol. The summed E-state index contributed by atoms with van der Waals surface area (Å²) < 4.78 is 6.92. The molecule has 0 radical (unpaired) electrons. The van der Waals surface area contributed by atoms with E-state index in [0.717, 1.165) is 0 Å². The molecule has 5 nitrogen and oxygen atoms in total. The molecule has 0 amide bonds. The first kappa shape index (κ1) is 14.7. The van der Waals surface area contributed by atoms with Gasteiger partial charge < -0.3 is 10.1 Å². The standard InChI is InChI=1S/C12H16BrN3O2/c1-5-6-16-11(17)10(13)9(7-15-16)14-8-12(2,3)18-4/h1,7,14H,6,8H2,2-4H3. The topological polar surface area (TPSA) is 56.1 Å². The van der Waals surface area contributed by atoms with Gasteiger partial charge in [0.1, 0.15) is 11.0 Å². The van der Waals surface area contributed by atoms with Crippen LogP contribution in [-0.4, -0.2) is 29.0 Å². The van der Waals surface area contributed by atoms with Crippen molar-refractivity contribution in [2.24, 2.45) is 0 Å². The van der Waals surface area contributed by atoms with Crippen LogP contribution >= 0.6 is 15.9 Å². The lowest BCUT2D eigenvalue weighted by Crippen LogP contribution is -2.33. The largest absolute Gasteiger partial charge is 0.380 e. The van der Waals surface area contributed by atoms with Crippen molar-refractivity contribution in [1.82, 2.24) is 9.78 Å². The number of nitrogens with zero attached hydrogens (tertiary/aromatic N) is 2. The smallest absolute Gasteiger partial charge is 0.284 e. The Balaban J connectivity index is 2.90. The quantitative estimate of drug-likeness (QED) is 0.837. The molecule has 1 heterocycles. The maximum Gasteiger partial charge on any atom is 0.284 e. The molecule has 1 aromatic heterocycles. The molecule has 0 spiro atoms. The van der Waals surface area contributed by atoms with E-state index in [1.54, 1.807) is 13.3 Å². The van der Waals surface area contributed by atoms with Gasteiger partial charge in [-0.2, -0.15) is 5.10 Å². The molecular weight excluding hydrogens is 298 g/mol. The summed E-state index contributed by atoms with van der Waals surface area (Å²) in [5.74, 6) is 2.38. The zero-order chi connectivity index (χ0) is 13.8. The average molecular weight is 314 g/mol. The Morgan fingerprint density at radius 3 is 2.89 bits per heavy atom. The summed E-state index contributed by atoms with van der Waals surface area (Å²) in [6.07, 6.45) is 6.72. The first-order valence-electron chi connectivity index (χ1n) is 5.39. The molecule has 0 fully saturated rings. The maximum atomic E-state index is 11.9. The van der Waals surface area contributed by atoms with Crippen molar-refractivity contribution >= 4 is 21.6 Å². The van der Waals surface area contributed by atoms with Gasteiger partial charge in [0.15, 0.2) is 0 Å². The second-order valence-electron chi connectivity index (χ2n) is 4.36. The van der Waals surface area contributed by atoms with Gasteiger partial charge in [0.05, 0.1) is 17.5 Å². The highest BCUT2D eigenvalue weighted by atomic mass is 79.9. The fourth-order valence-corrected chi connectivity index (χ4v) is 1.61. The van der Waals surface area contributed by atoms with Crippen molar-refractivity contribution < 1.29 is 4.74 Å². The highest BCUT2D eigenvalue weighted by Crippen LogP contribution is 2.18. The van der Waals surface area contributed by atoms with Gasteiger partial charge in [0.2, 0.25) is 0 Å². The molecule has 0 aliphatic rings. The van der Waals surface area contributed by atoms with E-state index >= 15 is 0 Å². The van der Waals surface area contributed by atoms with Crippen LogP contribution in [0.5, 0.6) is 0 Å². The number of ether oxygens (including phenoxy) is 1. The molecular formula is C12H16BrN3O2. The summed E-state index contributed by atoms with van der Waals surface area (Å²) in [4.78, 5) is 11.9. The van der Waals surface area contributed by atoms with Crippen LogP contribution in [0.15, 0.2) is 15.5 Å². The molecule has 6 heteroatoms. The van der Waals surface area contributed by atoms with E-state index in [4.69, 9.17) is 11.2 Å². The van der Waals surface area contributed by atoms with Gasteiger partial charge >= 0.3 is 0 Å². The molecule has 0 saturated heterocycles. The van der Waals surface area contributed by atoms with Crippen molar-refractivity contribution in [1.29, 1.82) is 0 Å². The summed E-state index contributed by atoms with van der Waals surface area (Å²) in [7, 11) is 1.64. The van der Waals surface area contributed by atoms with Crippen molar-refractivity contribution in [2.75, 3.05) is 19.0 Å². The van der Waals surface area contributed by atoms with Crippen LogP contribution in [0.25, 0.3) is 0 Å². The summed E-state index contributed by atoms with van der Waals surface area (Å²) in [5, 5.41) is 7.10. The number of hydrogen-bond acceptors (Lipinski definition) is 4. The second kappa shape index (κ2) is 6.03. The number of halogens is 1. The van der Waals surface area contributed by atoms with Crippen LogP contribution in [0.2, 0.25) is 0 Å². The summed E-state index contributed by atoms with van der Waals surface area (Å²) >= 11 is 3.25. The first-order valence-corrected chi connectivity index (χ1v) is 6.18. The normalized spacial score (nSPS) is 11.1. The Morgan fingerprint density at radius 2 is 2.33 bits per heavy atom. The molecule has 98 valence electrons. The van der Waals surface area contributed by atoms with Crippen molar-refractivity contribution in [3.05, 3.63) is 21.0 Å². The van der Waals surface area contributed by atoms with Crippen molar-refractivity contribution in [3.63, 3.8) is 0 Å². The SMILES string of the molecule is C#CCn1ncc(NCC(C)(C)OC)c(Br)c1=O. The van der Waals surface area contributed by atoms with Crippen LogP contribution in [0, 0.1) is 12.3 Å².